The fourth-order valence-electron chi connectivity index (χ4n) is 2.13. The maximum Gasteiger partial charge on any atom is 0.293 e. The number of benzene rings is 1. The molecule has 0 N–H and O–H groups in total. The zero-order chi connectivity index (χ0) is 17.7. The van der Waals surface area contributed by atoms with E-state index in [0.717, 1.165) is 26.7 Å². The van der Waals surface area contributed by atoms with Crippen molar-refractivity contribution in [2.75, 3.05) is 19.8 Å². The number of imide groups is 1. The number of halogens is 1. The van der Waals surface area contributed by atoms with Crippen LogP contribution >= 0.6 is 27.7 Å². The lowest BCUT2D eigenvalue weighted by atomic mass is 10.2. The van der Waals surface area contributed by atoms with Gasteiger partial charge < -0.3 is 9.47 Å². The molecule has 1 heterocycles. The van der Waals surface area contributed by atoms with Crippen molar-refractivity contribution in [1.82, 2.24) is 4.90 Å². The molecule has 1 aromatic carbocycles. The highest BCUT2D eigenvalue weighted by molar-refractivity contribution is 9.10. The van der Waals surface area contributed by atoms with Crippen LogP contribution in [0.25, 0.3) is 6.08 Å². The Morgan fingerprint density at radius 2 is 1.83 bits per heavy atom. The van der Waals surface area contributed by atoms with Gasteiger partial charge in [-0.3, -0.25) is 14.5 Å². The fourth-order valence-corrected chi connectivity index (χ4v) is 3.40. The van der Waals surface area contributed by atoms with Crippen LogP contribution in [0.2, 0.25) is 0 Å². The number of carbonyl (C=O) groups is 2. The minimum absolute atomic E-state index is 0.205. The summed E-state index contributed by atoms with van der Waals surface area (Å²) in [7, 11) is 0. The summed E-state index contributed by atoms with van der Waals surface area (Å²) in [6.07, 6.45) is 3.20. The zero-order valence-corrected chi connectivity index (χ0v) is 15.9. The highest BCUT2D eigenvalue weighted by Crippen LogP contribution is 2.38. The van der Waals surface area contributed by atoms with E-state index in [2.05, 4.69) is 22.5 Å². The smallest absolute Gasteiger partial charge is 0.293 e. The number of amides is 2. The van der Waals surface area contributed by atoms with Crippen LogP contribution in [-0.2, 0) is 4.79 Å². The van der Waals surface area contributed by atoms with Gasteiger partial charge in [0.1, 0.15) is 0 Å². The van der Waals surface area contributed by atoms with E-state index in [9.17, 15) is 9.59 Å². The van der Waals surface area contributed by atoms with Gasteiger partial charge >= 0.3 is 0 Å². The van der Waals surface area contributed by atoms with Gasteiger partial charge in [-0.05, 0) is 49.4 Å². The molecule has 0 saturated carbocycles. The van der Waals surface area contributed by atoms with E-state index in [1.165, 1.54) is 6.08 Å². The molecular formula is C17H18BrNO4S. The van der Waals surface area contributed by atoms with Crippen molar-refractivity contribution in [3.63, 3.8) is 0 Å². The van der Waals surface area contributed by atoms with Gasteiger partial charge in [0.25, 0.3) is 11.1 Å². The van der Waals surface area contributed by atoms with E-state index < -0.39 is 0 Å². The average Bonchev–Trinajstić information content (AvgIpc) is 2.80. The van der Waals surface area contributed by atoms with E-state index in [4.69, 9.17) is 9.47 Å². The Morgan fingerprint density at radius 1 is 1.21 bits per heavy atom. The Kier molecular flexibility index (Phi) is 6.51. The van der Waals surface area contributed by atoms with E-state index in [-0.39, 0.29) is 17.7 Å². The number of hydrogen-bond donors (Lipinski definition) is 0. The molecule has 24 heavy (non-hydrogen) atoms. The lowest BCUT2D eigenvalue weighted by molar-refractivity contribution is -0.122. The number of hydrogen-bond acceptors (Lipinski definition) is 5. The summed E-state index contributed by atoms with van der Waals surface area (Å²) in [4.78, 5) is 25.7. The Morgan fingerprint density at radius 3 is 2.42 bits per heavy atom. The van der Waals surface area contributed by atoms with Crippen molar-refractivity contribution < 1.29 is 19.1 Å². The van der Waals surface area contributed by atoms with E-state index >= 15 is 0 Å². The second-order valence-corrected chi connectivity index (χ2v) is 6.62. The topological polar surface area (TPSA) is 55.8 Å². The fraction of sp³-hybridized carbons (Fsp3) is 0.294. The van der Waals surface area contributed by atoms with Gasteiger partial charge in [-0.2, -0.15) is 0 Å². The summed E-state index contributed by atoms with van der Waals surface area (Å²) in [5.74, 6) is 0.908. The van der Waals surface area contributed by atoms with Crippen LogP contribution in [0.1, 0.15) is 19.4 Å². The molecule has 1 aliphatic heterocycles. The van der Waals surface area contributed by atoms with Crippen LogP contribution in [0.3, 0.4) is 0 Å². The number of rotatable bonds is 7. The van der Waals surface area contributed by atoms with Crippen LogP contribution in [0.5, 0.6) is 11.5 Å². The van der Waals surface area contributed by atoms with E-state index in [0.29, 0.717) is 29.6 Å². The maximum atomic E-state index is 12.3. The molecule has 0 unspecified atom stereocenters. The molecule has 7 heteroatoms. The molecule has 1 saturated heterocycles. The summed E-state index contributed by atoms with van der Waals surface area (Å²) in [5, 5.41) is -0.293. The summed E-state index contributed by atoms with van der Waals surface area (Å²) in [6.45, 7) is 8.57. The molecule has 0 aromatic heterocycles. The van der Waals surface area contributed by atoms with Gasteiger partial charge in [0.2, 0.25) is 0 Å². The van der Waals surface area contributed by atoms with Gasteiger partial charge in [-0.1, -0.05) is 22.0 Å². The van der Waals surface area contributed by atoms with Gasteiger partial charge in [0, 0.05) is 11.0 Å². The Balaban J connectivity index is 2.38. The molecule has 5 nitrogen and oxygen atoms in total. The minimum Gasteiger partial charge on any atom is -0.490 e. The number of ether oxygens (including phenoxy) is 2. The van der Waals surface area contributed by atoms with Crippen molar-refractivity contribution in [2.24, 2.45) is 0 Å². The standard InChI is InChI=1S/C17H18BrNO4S/c1-4-7-19-16(20)15(24-17(19)21)9-11-8-13(22-5-2)14(23-6-3)10-12(11)18/h4,8-10H,1,5-7H2,2-3H3/b15-9+. The molecule has 1 aromatic rings. The molecule has 0 aliphatic carbocycles. The molecule has 2 amide bonds. The number of carbonyl (C=O) groups excluding carboxylic acids is 2. The van der Waals surface area contributed by atoms with Crippen LogP contribution in [-0.4, -0.2) is 35.8 Å². The predicted molar refractivity (Wildman–Crippen MR) is 99.4 cm³/mol. The molecule has 0 radical (unpaired) electrons. The van der Waals surface area contributed by atoms with E-state index in [1.807, 2.05) is 13.8 Å². The summed E-state index contributed by atoms with van der Waals surface area (Å²) < 4.78 is 11.9. The molecule has 128 valence electrons. The van der Waals surface area contributed by atoms with Crippen LogP contribution < -0.4 is 9.47 Å². The Hall–Kier alpha value is -1.73. The van der Waals surface area contributed by atoms with Crippen LogP contribution in [0, 0.1) is 0 Å². The largest absolute Gasteiger partial charge is 0.490 e. The third-order valence-corrected chi connectivity index (χ3v) is 4.73. The molecule has 1 aliphatic rings. The Labute approximate surface area is 153 Å². The predicted octanol–water partition coefficient (Wildman–Crippen LogP) is 4.47. The quantitative estimate of drug-likeness (QED) is 0.489. The maximum absolute atomic E-state index is 12.3. The second kappa shape index (κ2) is 8.39. The zero-order valence-electron chi connectivity index (χ0n) is 13.5. The van der Waals surface area contributed by atoms with Crippen molar-refractivity contribution in [2.45, 2.75) is 13.8 Å². The highest BCUT2D eigenvalue weighted by Gasteiger charge is 2.34. The monoisotopic (exact) mass is 411 g/mol. The lowest BCUT2D eigenvalue weighted by Gasteiger charge is -2.13. The summed E-state index contributed by atoms with van der Waals surface area (Å²) >= 11 is 4.39. The second-order valence-electron chi connectivity index (χ2n) is 4.77. The first-order valence-corrected chi connectivity index (χ1v) is 9.08. The van der Waals surface area contributed by atoms with Crippen LogP contribution in [0.4, 0.5) is 4.79 Å². The van der Waals surface area contributed by atoms with Crippen molar-refractivity contribution in [3.8, 4) is 11.5 Å². The number of nitrogens with zero attached hydrogens (tertiary/aromatic N) is 1. The molecule has 0 spiro atoms. The summed E-state index contributed by atoms with van der Waals surface area (Å²) in [5.41, 5.74) is 0.742. The first-order valence-electron chi connectivity index (χ1n) is 7.47. The van der Waals surface area contributed by atoms with Crippen molar-refractivity contribution in [1.29, 1.82) is 0 Å². The molecule has 0 bridgehead atoms. The van der Waals surface area contributed by atoms with Crippen molar-refractivity contribution in [3.05, 3.63) is 39.7 Å². The third-order valence-electron chi connectivity index (χ3n) is 3.13. The average molecular weight is 412 g/mol. The molecule has 2 rings (SSSR count). The SMILES string of the molecule is C=CCN1C(=O)S/C(=C/c2cc(OCC)c(OCC)cc2Br)C1=O. The number of thioether (sulfide) groups is 1. The first-order chi connectivity index (χ1) is 11.5. The molecular weight excluding hydrogens is 394 g/mol. The van der Waals surface area contributed by atoms with Crippen LogP contribution in [0.15, 0.2) is 34.2 Å². The molecule has 0 atom stereocenters. The first kappa shape index (κ1) is 18.6. The highest BCUT2D eigenvalue weighted by atomic mass is 79.9. The Bertz CT molecular complexity index is 702. The third kappa shape index (κ3) is 4.02. The van der Waals surface area contributed by atoms with Gasteiger partial charge in [0.05, 0.1) is 18.1 Å². The summed E-state index contributed by atoms with van der Waals surface area (Å²) in [6, 6.07) is 3.59. The van der Waals surface area contributed by atoms with E-state index in [1.54, 1.807) is 18.2 Å². The lowest BCUT2D eigenvalue weighted by Crippen LogP contribution is -2.27. The van der Waals surface area contributed by atoms with Gasteiger partial charge in [-0.15, -0.1) is 6.58 Å². The van der Waals surface area contributed by atoms with Gasteiger partial charge in [-0.25, -0.2) is 0 Å². The van der Waals surface area contributed by atoms with Crippen molar-refractivity contribution >= 4 is 44.9 Å². The molecule has 1 fully saturated rings. The normalized spacial score (nSPS) is 16.0. The minimum atomic E-state index is -0.316. The van der Waals surface area contributed by atoms with Gasteiger partial charge in [0.15, 0.2) is 11.5 Å².